The highest BCUT2D eigenvalue weighted by molar-refractivity contribution is 5.43. The van der Waals surface area contributed by atoms with Gasteiger partial charge < -0.3 is 14.8 Å². The largest absolute Gasteiger partial charge is 0.493 e. The number of hydrogen-bond donors (Lipinski definition) is 1. The molecule has 0 aliphatic heterocycles. The smallest absolute Gasteiger partial charge is 0.161 e. The van der Waals surface area contributed by atoms with Gasteiger partial charge in [0.25, 0.3) is 0 Å². The lowest BCUT2D eigenvalue weighted by Crippen LogP contribution is -2.18. The van der Waals surface area contributed by atoms with Gasteiger partial charge in [-0.2, -0.15) is 0 Å². The van der Waals surface area contributed by atoms with Crippen LogP contribution in [-0.4, -0.2) is 13.2 Å². The van der Waals surface area contributed by atoms with Crippen LogP contribution in [-0.2, 0) is 6.54 Å². The Labute approximate surface area is 133 Å². The van der Waals surface area contributed by atoms with E-state index < -0.39 is 0 Å². The van der Waals surface area contributed by atoms with Crippen molar-refractivity contribution < 1.29 is 9.47 Å². The fourth-order valence-corrected chi connectivity index (χ4v) is 2.30. The van der Waals surface area contributed by atoms with Crippen LogP contribution < -0.4 is 14.8 Å². The fourth-order valence-electron chi connectivity index (χ4n) is 2.30. The summed E-state index contributed by atoms with van der Waals surface area (Å²) in [6.07, 6.45) is 0.135. The second kappa shape index (κ2) is 7.85. The van der Waals surface area contributed by atoms with Crippen molar-refractivity contribution in [3.05, 3.63) is 59.7 Å². The minimum Gasteiger partial charge on any atom is -0.493 e. The molecule has 3 nitrogen and oxygen atoms in total. The van der Waals surface area contributed by atoms with E-state index >= 15 is 0 Å². The molecule has 0 aliphatic rings. The number of methoxy groups -OCH3 is 1. The zero-order valence-electron chi connectivity index (χ0n) is 13.8. The Bertz CT molecular complexity index is 581. The summed E-state index contributed by atoms with van der Waals surface area (Å²) in [6, 6.07) is 16.8. The third-order valence-corrected chi connectivity index (χ3v) is 3.50. The highest BCUT2D eigenvalue weighted by Crippen LogP contribution is 2.29. The van der Waals surface area contributed by atoms with Crippen LogP contribution in [0.1, 0.15) is 37.9 Å². The molecule has 2 aromatic rings. The topological polar surface area (TPSA) is 30.5 Å². The molecule has 0 fully saturated rings. The molecule has 0 unspecified atom stereocenters. The Balaban J connectivity index is 2.01. The van der Waals surface area contributed by atoms with Crippen LogP contribution in [0.25, 0.3) is 0 Å². The molecule has 0 amide bonds. The van der Waals surface area contributed by atoms with E-state index in [1.165, 1.54) is 11.1 Å². The van der Waals surface area contributed by atoms with Crippen LogP contribution in [0.5, 0.6) is 11.5 Å². The van der Waals surface area contributed by atoms with E-state index in [0.29, 0.717) is 6.04 Å². The van der Waals surface area contributed by atoms with E-state index in [1.807, 2.05) is 32.0 Å². The van der Waals surface area contributed by atoms with E-state index in [9.17, 15) is 0 Å². The molecule has 1 atom stereocenters. The van der Waals surface area contributed by atoms with Crippen LogP contribution in [0, 0.1) is 0 Å². The third-order valence-electron chi connectivity index (χ3n) is 3.50. The van der Waals surface area contributed by atoms with Gasteiger partial charge in [-0.1, -0.05) is 36.4 Å². The lowest BCUT2D eigenvalue weighted by Gasteiger charge is -2.17. The summed E-state index contributed by atoms with van der Waals surface area (Å²) in [6.45, 7) is 6.98. The average molecular weight is 299 g/mol. The summed E-state index contributed by atoms with van der Waals surface area (Å²) in [7, 11) is 1.67. The summed E-state index contributed by atoms with van der Waals surface area (Å²) in [5.41, 5.74) is 2.46. The first-order valence-corrected chi connectivity index (χ1v) is 7.72. The van der Waals surface area contributed by atoms with Crippen molar-refractivity contribution in [2.24, 2.45) is 0 Å². The summed E-state index contributed by atoms with van der Waals surface area (Å²) < 4.78 is 11.2. The minimum absolute atomic E-state index is 0.135. The van der Waals surface area contributed by atoms with E-state index in [1.54, 1.807) is 7.11 Å². The predicted molar refractivity (Wildman–Crippen MR) is 90.5 cm³/mol. The quantitative estimate of drug-likeness (QED) is 0.825. The molecule has 0 aliphatic carbocycles. The maximum absolute atomic E-state index is 5.74. The van der Waals surface area contributed by atoms with Gasteiger partial charge in [0.1, 0.15) is 0 Å². The van der Waals surface area contributed by atoms with E-state index in [4.69, 9.17) is 9.47 Å². The molecule has 0 heterocycles. The monoisotopic (exact) mass is 299 g/mol. The van der Waals surface area contributed by atoms with Gasteiger partial charge in [0.15, 0.2) is 11.5 Å². The van der Waals surface area contributed by atoms with E-state index in [-0.39, 0.29) is 6.10 Å². The predicted octanol–water partition coefficient (Wildman–Crippen LogP) is 4.33. The first-order chi connectivity index (χ1) is 10.6. The molecule has 2 rings (SSSR count). The van der Waals surface area contributed by atoms with Gasteiger partial charge >= 0.3 is 0 Å². The van der Waals surface area contributed by atoms with Crippen LogP contribution in [0.3, 0.4) is 0 Å². The zero-order chi connectivity index (χ0) is 15.9. The summed E-state index contributed by atoms with van der Waals surface area (Å²) in [5.74, 6) is 1.57. The van der Waals surface area contributed by atoms with E-state index in [0.717, 1.165) is 18.0 Å². The van der Waals surface area contributed by atoms with Crippen LogP contribution in [0.2, 0.25) is 0 Å². The second-order valence-electron chi connectivity index (χ2n) is 5.67. The molecule has 0 aromatic heterocycles. The Hall–Kier alpha value is -2.00. The molecular weight excluding hydrogens is 274 g/mol. The number of ether oxygens (including phenoxy) is 2. The maximum Gasteiger partial charge on any atom is 0.161 e. The molecule has 0 bridgehead atoms. The van der Waals surface area contributed by atoms with Crippen LogP contribution in [0.4, 0.5) is 0 Å². The van der Waals surface area contributed by atoms with Crippen molar-refractivity contribution in [3.63, 3.8) is 0 Å². The summed E-state index contributed by atoms with van der Waals surface area (Å²) >= 11 is 0. The number of rotatable bonds is 7. The number of nitrogens with one attached hydrogen (secondary N) is 1. The second-order valence-corrected chi connectivity index (χ2v) is 5.67. The van der Waals surface area contributed by atoms with Gasteiger partial charge in [-0.05, 0) is 44.0 Å². The lowest BCUT2D eigenvalue weighted by atomic mass is 10.1. The normalized spacial score (nSPS) is 12.2. The van der Waals surface area contributed by atoms with Crippen molar-refractivity contribution >= 4 is 0 Å². The Morgan fingerprint density at radius 1 is 0.955 bits per heavy atom. The number of hydrogen-bond acceptors (Lipinski definition) is 3. The summed E-state index contributed by atoms with van der Waals surface area (Å²) in [5, 5.41) is 3.53. The first-order valence-electron chi connectivity index (χ1n) is 7.72. The van der Waals surface area contributed by atoms with Gasteiger partial charge in [0, 0.05) is 12.6 Å². The van der Waals surface area contributed by atoms with Gasteiger partial charge in [0.05, 0.1) is 13.2 Å². The molecule has 0 spiro atoms. The molecule has 2 aromatic carbocycles. The lowest BCUT2D eigenvalue weighted by molar-refractivity contribution is 0.230. The van der Waals surface area contributed by atoms with Crippen LogP contribution in [0.15, 0.2) is 48.5 Å². The summed E-state index contributed by atoms with van der Waals surface area (Å²) in [4.78, 5) is 0. The Kier molecular flexibility index (Phi) is 5.84. The van der Waals surface area contributed by atoms with Crippen molar-refractivity contribution in [1.29, 1.82) is 0 Å². The molecule has 0 saturated carbocycles. The SMILES string of the molecule is COc1cc(CN[C@@H](C)c2ccccc2)ccc1OC(C)C. The van der Waals surface area contributed by atoms with Crippen molar-refractivity contribution in [3.8, 4) is 11.5 Å². The Morgan fingerprint density at radius 3 is 2.32 bits per heavy atom. The average Bonchev–Trinajstić information content (AvgIpc) is 2.54. The fraction of sp³-hybridized carbons (Fsp3) is 0.368. The van der Waals surface area contributed by atoms with Gasteiger partial charge in [-0.25, -0.2) is 0 Å². The molecule has 118 valence electrons. The van der Waals surface area contributed by atoms with Crippen molar-refractivity contribution in [2.45, 2.75) is 39.5 Å². The molecule has 3 heteroatoms. The van der Waals surface area contributed by atoms with Gasteiger partial charge in [-0.15, -0.1) is 0 Å². The molecule has 1 N–H and O–H groups in total. The Morgan fingerprint density at radius 2 is 1.68 bits per heavy atom. The highest BCUT2D eigenvalue weighted by Gasteiger charge is 2.09. The standard InChI is InChI=1S/C19H25NO2/c1-14(2)22-18-11-10-16(12-19(18)21-4)13-20-15(3)17-8-6-5-7-9-17/h5-12,14-15,20H,13H2,1-4H3/t15-/m0/s1. The third kappa shape index (κ3) is 4.50. The van der Waals surface area contributed by atoms with Gasteiger partial charge in [0.2, 0.25) is 0 Å². The molecule has 0 radical (unpaired) electrons. The van der Waals surface area contributed by atoms with Crippen molar-refractivity contribution in [1.82, 2.24) is 5.32 Å². The first kappa shape index (κ1) is 16.4. The zero-order valence-corrected chi connectivity index (χ0v) is 13.8. The molecule has 22 heavy (non-hydrogen) atoms. The van der Waals surface area contributed by atoms with E-state index in [2.05, 4.69) is 42.6 Å². The molecular formula is C19H25NO2. The molecule has 0 saturated heterocycles. The number of benzene rings is 2. The van der Waals surface area contributed by atoms with Crippen molar-refractivity contribution in [2.75, 3.05) is 7.11 Å². The maximum atomic E-state index is 5.74. The minimum atomic E-state index is 0.135. The van der Waals surface area contributed by atoms with Gasteiger partial charge in [-0.3, -0.25) is 0 Å². The highest BCUT2D eigenvalue weighted by atomic mass is 16.5. The van der Waals surface area contributed by atoms with Crippen LogP contribution >= 0.6 is 0 Å².